The summed E-state index contributed by atoms with van der Waals surface area (Å²) >= 11 is 0. The normalized spacial score (nSPS) is 11.0. The molecule has 0 saturated carbocycles. The van der Waals surface area contributed by atoms with Gasteiger partial charge < -0.3 is 4.74 Å². The first-order valence-electron chi connectivity index (χ1n) is 7.19. The highest BCUT2D eigenvalue weighted by Gasteiger charge is 1.95. The number of benzene rings is 1. The van der Waals surface area contributed by atoms with Crippen LogP contribution in [0.1, 0.15) is 51.5 Å². The van der Waals surface area contributed by atoms with Gasteiger partial charge in [0.05, 0.1) is 6.61 Å². The molecular weight excluding hydrogens is 220 g/mol. The lowest BCUT2D eigenvalue weighted by molar-refractivity contribution is 0.305. The number of unbranched alkanes of at least 4 members (excludes halogenated alkanes) is 3. The molecule has 1 aromatic rings. The molecular formula is C17H26O. The highest BCUT2D eigenvalue weighted by molar-refractivity contribution is 5.27. The maximum atomic E-state index is 5.72. The molecule has 0 aliphatic heterocycles. The van der Waals surface area contributed by atoms with Crippen LogP contribution in [0.25, 0.3) is 0 Å². The highest BCUT2D eigenvalue weighted by atomic mass is 16.5. The van der Waals surface area contributed by atoms with Gasteiger partial charge in [-0.2, -0.15) is 0 Å². The van der Waals surface area contributed by atoms with Crippen molar-refractivity contribution in [1.29, 1.82) is 0 Å². The Balaban J connectivity index is 2.23. The molecule has 0 N–H and O–H groups in total. The molecule has 1 aromatic carbocycles. The Kier molecular flexibility index (Phi) is 8.03. The monoisotopic (exact) mass is 246 g/mol. The van der Waals surface area contributed by atoms with Crippen molar-refractivity contribution in [3.05, 3.63) is 42.0 Å². The molecule has 0 fully saturated rings. The molecule has 1 nitrogen and oxygen atoms in total. The van der Waals surface area contributed by atoms with Crippen molar-refractivity contribution in [2.45, 2.75) is 52.4 Å². The maximum Gasteiger partial charge on any atom is 0.119 e. The standard InChI is InChI=1S/C17H26O/c1-3-5-7-9-15-18-17-13-11-16(12-14-17)10-8-6-4-2/h4,6,11-14H,3,5,7-10,15H2,1-2H3. The van der Waals surface area contributed by atoms with Crippen LogP contribution in [0.3, 0.4) is 0 Å². The second kappa shape index (κ2) is 9.76. The van der Waals surface area contributed by atoms with Crippen molar-refractivity contribution >= 4 is 0 Å². The lowest BCUT2D eigenvalue weighted by Crippen LogP contribution is -1.97. The van der Waals surface area contributed by atoms with Gasteiger partial charge in [0.25, 0.3) is 0 Å². The summed E-state index contributed by atoms with van der Waals surface area (Å²) in [6.07, 6.45) is 11.6. The second-order valence-corrected chi connectivity index (χ2v) is 4.66. The third-order valence-electron chi connectivity index (χ3n) is 3.03. The topological polar surface area (TPSA) is 9.23 Å². The molecule has 0 amide bonds. The predicted molar refractivity (Wildman–Crippen MR) is 79.2 cm³/mol. The van der Waals surface area contributed by atoms with Gasteiger partial charge in [-0.1, -0.05) is 50.5 Å². The van der Waals surface area contributed by atoms with Crippen molar-refractivity contribution in [1.82, 2.24) is 0 Å². The molecule has 18 heavy (non-hydrogen) atoms. The SMILES string of the molecule is CC=CCCc1ccc(OCCCCCC)cc1. The molecule has 0 radical (unpaired) electrons. The van der Waals surface area contributed by atoms with Gasteiger partial charge in [0.2, 0.25) is 0 Å². The molecule has 0 bridgehead atoms. The van der Waals surface area contributed by atoms with Crippen molar-refractivity contribution in [2.24, 2.45) is 0 Å². The third-order valence-corrected chi connectivity index (χ3v) is 3.03. The Morgan fingerprint density at radius 1 is 1.06 bits per heavy atom. The van der Waals surface area contributed by atoms with E-state index in [-0.39, 0.29) is 0 Å². The van der Waals surface area contributed by atoms with E-state index in [1.165, 1.54) is 24.8 Å². The minimum absolute atomic E-state index is 0.845. The maximum absolute atomic E-state index is 5.72. The Morgan fingerprint density at radius 2 is 1.83 bits per heavy atom. The van der Waals surface area contributed by atoms with Gasteiger partial charge in [-0.25, -0.2) is 0 Å². The van der Waals surface area contributed by atoms with Gasteiger partial charge in [-0.3, -0.25) is 0 Å². The van der Waals surface area contributed by atoms with Gasteiger partial charge in [0.15, 0.2) is 0 Å². The first-order valence-corrected chi connectivity index (χ1v) is 7.19. The molecule has 1 heteroatoms. The number of hydrogen-bond acceptors (Lipinski definition) is 1. The van der Waals surface area contributed by atoms with Crippen LogP contribution in [0.5, 0.6) is 5.75 Å². The molecule has 0 aliphatic rings. The summed E-state index contributed by atoms with van der Waals surface area (Å²) in [6, 6.07) is 8.52. The summed E-state index contributed by atoms with van der Waals surface area (Å²) in [4.78, 5) is 0. The fraction of sp³-hybridized carbons (Fsp3) is 0.529. The fourth-order valence-electron chi connectivity index (χ4n) is 1.89. The van der Waals surface area contributed by atoms with Gasteiger partial charge in [-0.05, 0) is 43.9 Å². The van der Waals surface area contributed by atoms with Crippen LogP contribution in [0, 0.1) is 0 Å². The van der Waals surface area contributed by atoms with Gasteiger partial charge >= 0.3 is 0 Å². The van der Waals surface area contributed by atoms with Crippen LogP contribution < -0.4 is 4.74 Å². The van der Waals surface area contributed by atoms with Crippen molar-refractivity contribution < 1.29 is 4.74 Å². The van der Waals surface area contributed by atoms with E-state index in [0.717, 1.165) is 31.6 Å². The number of ether oxygens (including phenoxy) is 1. The quantitative estimate of drug-likeness (QED) is 0.432. The molecule has 0 unspecified atom stereocenters. The zero-order valence-corrected chi connectivity index (χ0v) is 11.8. The van der Waals surface area contributed by atoms with Crippen molar-refractivity contribution in [3.63, 3.8) is 0 Å². The van der Waals surface area contributed by atoms with Crippen LogP contribution in [-0.4, -0.2) is 6.61 Å². The number of rotatable bonds is 9. The van der Waals surface area contributed by atoms with E-state index in [4.69, 9.17) is 4.74 Å². The average Bonchev–Trinajstić information content (AvgIpc) is 2.40. The van der Waals surface area contributed by atoms with E-state index in [1.807, 2.05) is 0 Å². The summed E-state index contributed by atoms with van der Waals surface area (Å²) in [7, 11) is 0. The Labute approximate surface area is 112 Å². The summed E-state index contributed by atoms with van der Waals surface area (Å²) in [6.45, 7) is 5.14. The molecule has 1 rings (SSSR count). The highest BCUT2D eigenvalue weighted by Crippen LogP contribution is 2.14. The number of allylic oxidation sites excluding steroid dienone is 2. The first kappa shape index (κ1) is 14.8. The van der Waals surface area contributed by atoms with Crippen LogP contribution in [0.4, 0.5) is 0 Å². The number of hydrogen-bond donors (Lipinski definition) is 0. The molecule has 0 saturated heterocycles. The Bertz CT molecular complexity index is 324. The smallest absolute Gasteiger partial charge is 0.119 e. The number of aryl methyl sites for hydroxylation is 1. The van der Waals surface area contributed by atoms with E-state index in [9.17, 15) is 0 Å². The van der Waals surface area contributed by atoms with Crippen LogP contribution in [0.2, 0.25) is 0 Å². The molecule has 0 aromatic heterocycles. The van der Waals surface area contributed by atoms with E-state index in [2.05, 4.69) is 50.3 Å². The van der Waals surface area contributed by atoms with E-state index in [1.54, 1.807) is 0 Å². The first-order chi connectivity index (χ1) is 8.86. The van der Waals surface area contributed by atoms with E-state index in [0.29, 0.717) is 0 Å². The second-order valence-electron chi connectivity index (χ2n) is 4.66. The molecule has 0 aliphatic carbocycles. The van der Waals surface area contributed by atoms with Crippen LogP contribution >= 0.6 is 0 Å². The van der Waals surface area contributed by atoms with Gasteiger partial charge in [0, 0.05) is 0 Å². The van der Waals surface area contributed by atoms with Crippen LogP contribution in [0.15, 0.2) is 36.4 Å². The third kappa shape index (κ3) is 6.48. The van der Waals surface area contributed by atoms with Crippen molar-refractivity contribution in [2.75, 3.05) is 6.61 Å². The van der Waals surface area contributed by atoms with Gasteiger partial charge in [-0.15, -0.1) is 0 Å². The summed E-state index contributed by atoms with van der Waals surface area (Å²) in [5, 5.41) is 0. The van der Waals surface area contributed by atoms with E-state index >= 15 is 0 Å². The minimum atomic E-state index is 0.845. The Hall–Kier alpha value is -1.24. The summed E-state index contributed by atoms with van der Waals surface area (Å²) < 4.78 is 5.72. The summed E-state index contributed by atoms with van der Waals surface area (Å²) in [5.41, 5.74) is 1.38. The molecule has 0 atom stereocenters. The summed E-state index contributed by atoms with van der Waals surface area (Å²) in [5.74, 6) is 1.00. The fourth-order valence-corrected chi connectivity index (χ4v) is 1.89. The molecule has 0 spiro atoms. The molecule has 100 valence electrons. The Morgan fingerprint density at radius 3 is 2.50 bits per heavy atom. The van der Waals surface area contributed by atoms with E-state index < -0.39 is 0 Å². The lowest BCUT2D eigenvalue weighted by atomic mass is 10.1. The van der Waals surface area contributed by atoms with Crippen LogP contribution in [-0.2, 0) is 6.42 Å². The lowest BCUT2D eigenvalue weighted by Gasteiger charge is -2.06. The average molecular weight is 246 g/mol. The zero-order chi connectivity index (χ0) is 13.1. The van der Waals surface area contributed by atoms with Crippen molar-refractivity contribution in [3.8, 4) is 5.75 Å². The molecule has 0 heterocycles. The largest absolute Gasteiger partial charge is 0.494 e. The zero-order valence-electron chi connectivity index (χ0n) is 11.8. The van der Waals surface area contributed by atoms with Gasteiger partial charge in [0.1, 0.15) is 5.75 Å². The minimum Gasteiger partial charge on any atom is -0.494 e. The predicted octanol–water partition coefficient (Wildman–Crippen LogP) is 5.15.